The van der Waals surface area contributed by atoms with Crippen LogP contribution in [-0.4, -0.2) is 96.7 Å². The molecule has 0 saturated heterocycles. The van der Waals surface area contributed by atoms with Gasteiger partial charge in [0, 0.05) is 25.7 Å². The van der Waals surface area contributed by atoms with Gasteiger partial charge in [-0.1, -0.05) is 381 Å². The number of phosphoric acid groups is 2. The minimum atomic E-state index is -4.96. The van der Waals surface area contributed by atoms with Crippen molar-refractivity contribution in [3.8, 4) is 0 Å². The summed E-state index contributed by atoms with van der Waals surface area (Å²) in [6.07, 6.45) is 65.3. The minimum absolute atomic E-state index is 0.107. The van der Waals surface area contributed by atoms with Gasteiger partial charge in [0.2, 0.25) is 0 Å². The highest BCUT2D eigenvalue weighted by Gasteiger charge is 2.30. The van der Waals surface area contributed by atoms with Crippen LogP contribution in [0.4, 0.5) is 0 Å². The Kier molecular flexibility index (Phi) is 72.5. The van der Waals surface area contributed by atoms with Gasteiger partial charge in [0.15, 0.2) is 12.2 Å². The molecule has 0 saturated carbocycles. The summed E-state index contributed by atoms with van der Waals surface area (Å²) in [4.78, 5) is 73.0. The molecule has 19 heteroatoms. The second kappa shape index (κ2) is 73.9. The number of hydrogen-bond donors (Lipinski definition) is 3. The van der Waals surface area contributed by atoms with Crippen LogP contribution in [0.15, 0.2) is 0 Å². The van der Waals surface area contributed by atoms with E-state index in [9.17, 15) is 43.2 Å². The number of carbonyl (C=O) groups is 4. The maximum Gasteiger partial charge on any atom is 0.472 e. The Hall–Kier alpha value is -1.94. The fourth-order valence-corrected chi connectivity index (χ4v) is 14.1. The summed E-state index contributed by atoms with van der Waals surface area (Å²) in [6.45, 7) is 7.29. The maximum atomic E-state index is 13.1. The van der Waals surface area contributed by atoms with E-state index in [4.69, 9.17) is 37.0 Å². The van der Waals surface area contributed by atoms with Gasteiger partial charge in [0.25, 0.3) is 0 Å². The molecule has 594 valence electrons. The van der Waals surface area contributed by atoms with Crippen LogP contribution >= 0.6 is 15.6 Å². The number of hydrogen-bond acceptors (Lipinski definition) is 15. The van der Waals surface area contributed by atoms with Crippen LogP contribution in [0, 0.1) is 5.92 Å². The highest BCUT2D eigenvalue weighted by Crippen LogP contribution is 2.45. The van der Waals surface area contributed by atoms with E-state index in [0.29, 0.717) is 25.7 Å². The van der Waals surface area contributed by atoms with Gasteiger partial charge >= 0.3 is 39.5 Å². The van der Waals surface area contributed by atoms with Gasteiger partial charge in [-0.2, -0.15) is 0 Å². The highest BCUT2D eigenvalue weighted by atomic mass is 31.2. The number of carbonyl (C=O) groups excluding carboxylic acids is 4. The molecule has 0 aliphatic heterocycles. The molecule has 0 radical (unpaired) electrons. The van der Waals surface area contributed by atoms with Crippen LogP contribution in [0.3, 0.4) is 0 Å². The molecule has 6 atom stereocenters. The molecule has 3 unspecified atom stereocenters. The molecule has 0 heterocycles. The molecule has 0 aromatic heterocycles. The van der Waals surface area contributed by atoms with Gasteiger partial charge in [-0.25, -0.2) is 9.13 Å². The van der Waals surface area contributed by atoms with Gasteiger partial charge in [0.1, 0.15) is 19.3 Å². The fourth-order valence-electron chi connectivity index (χ4n) is 12.6. The molecule has 3 N–H and O–H groups in total. The van der Waals surface area contributed by atoms with E-state index in [2.05, 4.69) is 34.6 Å². The molecule has 0 bridgehead atoms. The third kappa shape index (κ3) is 73.0. The molecular weight excluding hydrogens is 1310 g/mol. The first kappa shape index (κ1) is 98.1. The van der Waals surface area contributed by atoms with Gasteiger partial charge in [-0.15, -0.1) is 0 Å². The van der Waals surface area contributed by atoms with E-state index < -0.39 is 97.5 Å². The first-order valence-electron chi connectivity index (χ1n) is 42.2. The molecule has 0 amide bonds. The minimum Gasteiger partial charge on any atom is -0.462 e. The average molecular weight is 1470 g/mol. The van der Waals surface area contributed by atoms with Crippen molar-refractivity contribution in [3.63, 3.8) is 0 Å². The quantitative estimate of drug-likeness (QED) is 0.0222. The number of phosphoric ester groups is 2. The number of esters is 4. The second-order valence-corrected chi connectivity index (χ2v) is 32.3. The normalized spacial score (nSPS) is 14.1. The molecule has 0 aromatic carbocycles. The zero-order valence-electron chi connectivity index (χ0n) is 65.3. The lowest BCUT2D eigenvalue weighted by molar-refractivity contribution is -0.161. The average Bonchev–Trinajstić information content (AvgIpc) is 0.922. The van der Waals surface area contributed by atoms with Crippen LogP contribution in [-0.2, 0) is 65.4 Å². The SMILES string of the molecule is CCCCCCCCCCCCCCCCCCCCCCCC(=O)O[C@H](COC(=O)CCCCCCCCCCCCCCCCC)COP(=O)(O)OC[C@@H](O)COP(=O)(O)OC[C@@H](COC(=O)CCCCCCCCC(C)CC)OC(=O)CCCCCCCCCCCCCCCC. The number of rotatable bonds is 81. The number of ether oxygens (including phenoxy) is 4. The van der Waals surface area contributed by atoms with Gasteiger partial charge in [-0.3, -0.25) is 37.3 Å². The van der Waals surface area contributed by atoms with Crippen LogP contribution in [0.1, 0.15) is 433 Å². The molecule has 0 aromatic rings. The zero-order valence-corrected chi connectivity index (χ0v) is 67.1. The topological polar surface area (TPSA) is 237 Å². The summed E-state index contributed by atoms with van der Waals surface area (Å²) in [5.41, 5.74) is 0. The lowest BCUT2D eigenvalue weighted by Gasteiger charge is -2.21. The molecule has 0 rings (SSSR count). The Morgan fingerprint density at radius 1 is 0.280 bits per heavy atom. The summed E-state index contributed by atoms with van der Waals surface area (Å²) in [6, 6.07) is 0. The molecule has 0 aliphatic carbocycles. The van der Waals surface area contributed by atoms with Crippen molar-refractivity contribution in [2.75, 3.05) is 39.6 Å². The van der Waals surface area contributed by atoms with Crippen LogP contribution in [0.25, 0.3) is 0 Å². The molecule has 0 aliphatic rings. The molecule has 100 heavy (non-hydrogen) atoms. The molecule has 17 nitrogen and oxygen atoms in total. The largest absolute Gasteiger partial charge is 0.472 e. The summed E-state index contributed by atoms with van der Waals surface area (Å²) in [5.74, 6) is -1.38. The van der Waals surface area contributed by atoms with Gasteiger partial charge < -0.3 is 33.8 Å². The van der Waals surface area contributed by atoms with Crippen LogP contribution in [0.2, 0.25) is 0 Å². The molecule has 0 spiro atoms. The van der Waals surface area contributed by atoms with Crippen molar-refractivity contribution >= 4 is 39.5 Å². The predicted molar refractivity (Wildman–Crippen MR) is 409 cm³/mol. The Labute approximate surface area is 613 Å². The van der Waals surface area contributed by atoms with Crippen molar-refractivity contribution in [1.29, 1.82) is 0 Å². The van der Waals surface area contributed by atoms with Crippen molar-refractivity contribution in [2.24, 2.45) is 5.92 Å². The number of aliphatic hydroxyl groups is 1. The zero-order chi connectivity index (χ0) is 73.4. The predicted octanol–water partition coefficient (Wildman–Crippen LogP) is 24.4. The van der Waals surface area contributed by atoms with E-state index >= 15 is 0 Å². The van der Waals surface area contributed by atoms with Crippen molar-refractivity contribution in [1.82, 2.24) is 0 Å². The molecular formula is C81H158O17P2. The standard InChI is InChI=1S/C81H158O17P2/c1-6-10-13-16-19-22-25-28-31-32-33-34-35-36-38-41-44-47-50-57-62-67-80(85)97-76(70-91-78(83)64-59-54-48-45-42-40-37-29-26-23-20-17-14-11-7-2)72-95-99(87,88)93-68-75(82)69-94-100(89,90)96-73-77(71-92-79(84)65-60-55-52-51-53-58-63-74(5)9-4)98-81(86)66-61-56-49-46-43-39-30-27-24-21-18-15-12-8-3/h74-77,82H,6-73H2,1-5H3,(H,87,88)(H,89,90)/t74?,75-,76-,77-/m1/s1. The van der Waals surface area contributed by atoms with Gasteiger partial charge in [-0.05, 0) is 31.6 Å². The van der Waals surface area contributed by atoms with E-state index in [1.807, 2.05) is 0 Å². The second-order valence-electron chi connectivity index (χ2n) is 29.4. The third-order valence-electron chi connectivity index (χ3n) is 19.4. The Balaban J connectivity index is 5.22. The van der Waals surface area contributed by atoms with E-state index in [1.165, 1.54) is 250 Å². The lowest BCUT2D eigenvalue weighted by atomic mass is 10.00. The third-order valence-corrected chi connectivity index (χ3v) is 21.3. The summed E-state index contributed by atoms with van der Waals surface area (Å²) in [7, 11) is -9.92. The smallest absolute Gasteiger partial charge is 0.462 e. The summed E-state index contributed by atoms with van der Waals surface area (Å²) in [5, 5.41) is 10.6. The van der Waals surface area contributed by atoms with E-state index in [1.54, 1.807) is 0 Å². The van der Waals surface area contributed by atoms with Crippen LogP contribution < -0.4 is 0 Å². The number of aliphatic hydroxyl groups excluding tert-OH is 1. The van der Waals surface area contributed by atoms with Crippen molar-refractivity contribution in [2.45, 2.75) is 451 Å². The van der Waals surface area contributed by atoms with E-state index in [-0.39, 0.29) is 25.7 Å². The van der Waals surface area contributed by atoms with Crippen molar-refractivity contribution in [3.05, 3.63) is 0 Å². The fraction of sp³-hybridized carbons (Fsp3) is 0.951. The van der Waals surface area contributed by atoms with Crippen LogP contribution in [0.5, 0.6) is 0 Å². The maximum absolute atomic E-state index is 13.1. The number of unbranched alkanes of at least 4 members (excludes halogenated alkanes) is 52. The monoisotopic (exact) mass is 1470 g/mol. The Bertz CT molecular complexity index is 1910. The highest BCUT2D eigenvalue weighted by molar-refractivity contribution is 7.47. The first-order valence-corrected chi connectivity index (χ1v) is 45.2. The Morgan fingerprint density at radius 3 is 0.710 bits per heavy atom. The summed E-state index contributed by atoms with van der Waals surface area (Å²) >= 11 is 0. The molecule has 0 fully saturated rings. The van der Waals surface area contributed by atoms with E-state index in [0.717, 1.165) is 102 Å². The van der Waals surface area contributed by atoms with Crippen molar-refractivity contribution < 1.29 is 80.2 Å². The lowest BCUT2D eigenvalue weighted by Crippen LogP contribution is -2.30. The van der Waals surface area contributed by atoms with Gasteiger partial charge in [0.05, 0.1) is 26.4 Å². The Morgan fingerprint density at radius 2 is 0.480 bits per heavy atom. The summed E-state index contributed by atoms with van der Waals surface area (Å²) < 4.78 is 68.7. The first-order chi connectivity index (χ1) is 48.6.